The predicted octanol–water partition coefficient (Wildman–Crippen LogP) is 3.05. The number of benzene rings is 1. The van der Waals surface area contributed by atoms with Gasteiger partial charge in [0.25, 0.3) is 0 Å². The molecule has 1 unspecified atom stereocenters. The van der Waals surface area contributed by atoms with Gasteiger partial charge in [-0.05, 0) is 50.0 Å². The highest BCUT2D eigenvalue weighted by atomic mass is 16.5. The van der Waals surface area contributed by atoms with Gasteiger partial charge >= 0.3 is 0 Å². The number of nitrogens with zero attached hydrogens (tertiary/aromatic N) is 1. The Labute approximate surface area is 123 Å². The van der Waals surface area contributed by atoms with E-state index in [0.29, 0.717) is 6.04 Å². The monoisotopic (exact) mass is 276 g/mol. The molecule has 0 amide bonds. The Hall–Kier alpha value is -1.06. The van der Waals surface area contributed by atoms with Crippen molar-refractivity contribution >= 4 is 0 Å². The SMILES string of the molecule is CCCN(Cc1cccc(OC)c1)CC1CCCCN1. The summed E-state index contributed by atoms with van der Waals surface area (Å²) in [4.78, 5) is 2.57. The van der Waals surface area contributed by atoms with Crippen molar-refractivity contribution in [1.82, 2.24) is 10.2 Å². The van der Waals surface area contributed by atoms with Gasteiger partial charge in [0.05, 0.1) is 7.11 Å². The van der Waals surface area contributed by atoms with E-state index in [1.165, 1.54) is 37.8 Å². The Kier molecular flexibility index (Phi) is 6.34. The molecule has 1 heterocycles. The molecule has 2 rings (SSSR count). The summed E-state index contributed by atoms with van der Waals surface area (Å²) in [6.07, 6.45) is 5.23. The first-order valence-electron chi connectivity index (χ1n) is 7.90. The first kappa shape index (κ1) is 15.3. The van der Waals surface area contributed by atoms with Crippen molar-refractivity contribution in [2.24, 2.45) is 0 Å². The van der Waals surface area contributed by atoms with E-state index in [-0.39, 0.29) is 0 Å². The Morgan fingerprint density at radius 2 is 2.25 bits per heavy atom. The van der Waals surface area contributed by atoms with E-state index in [1.807, 2.05) is 6.07 Å². The minimum absolute atomic E-state index is 0.668. The highest BCUT2D eigenvalue weighted by Crippen LogP contribution is 2.16. The van der Waals surface area contributed by atoms with E-state index in [2.05, 4.69) is 35.3 Å². The van der Waals surface area contributed by atoms with Gasteiger partial charge in [0.2, 0.25) is 0 Å². The maximum atomic E-state index is 5.32. The lowest BCUT2D eigenvalue weighted by molar-refractivity contribution is 0.217. The van der Waals surface area contributed by atoms with Crippen LogP contribution in [0, 0.1) is 0 Å². The molecular weight excluding hydrogens is 248 g/mol. The smallest absolute Gasteiger partial charge is 0.119 e. The van der Waals surface area contributed by atoms with Crippen LogP contribution < -0.4 is 10.1 Å². The third-order valence-electron chi connectivity index (χ3n) is 3.97. The lowest BCUT2D eigenvalue weighted by atomic mass is 10.0. The first-order valence-corrected chi connectivity index (χ1v) is 7.90. The lowest BCUT2D eigenvalue weighted by Crippen LogP contribution is -2.43. The summed E-state index contributed by atoms with van der Waals surface area (Å²) in [5, 5.41) is 3.65. The van der Waals surface area contributed by atoms with E-state index >= 15 is 0 Å². The van der Waals surface area contributed by atoms with Gasteiger partial charge < -0.3 is 10.1 Å². The molecule has 1 fully saturated rings. The fraction of sp³-hybridized carbons (Fsp3) is 0.647. The summed E-state index contributed by atoms with van der Waals surface area (Å²) >= 11 is 0. The van der Waals surface area contributed by atoms with Gasteiger partial charge in [-0.1, -0.05) is 25.5 Å². The van der Waals surface area contributed by atoms with Crippen LogP contribution in [-0.2, 0) is 6.54 Å². The van der Waals surface area contributed by atoms with Gasteiger partial charge in [0, 0.05) is 19.1 Å². The zero-order valence-electron chi connectivity index (χ0n) is 12.9. The van der Waals surface area contributed by atoms with Crippen LogP contribution in [0.5, 0.6) is 5.75 Å². The summed E-state index contributed by atoms with van der Waals surface area (Å²) in [5.41, 5.74) is 1.34. The Bertz CT molecular complexity index is 388. The minimum Gasteiger partial charge on any atom is -0.497 e. The number of ether oxygens (including phenoxy) is 1. The molecule has 1 N–H and O–H groups in total. The highest BCUT2D eigenvalue weighted by Gasteiger charge is 2.16. The molecule has 1 saturated heterocycles. The van der Waals surface area contributed by atoms with E-state index in [1.54, 1.807) is 7.11 Å². The van der Waals surface area contributed by atoms with Crippen LogP contribution in [0.25, 0.3) is 0 Å². The average molecular weight is 276 g/mol. The van der Waals surface area contributed by atoms with Crippen molar-refractivity contribution in [3.8, 4) is 5.75 Å². The van der Waals surface area contributed by atoms with Gasteiger partial charge in [0.15, 0.2) is 0 Å². The van der Waals surface area contributed by atoms with Crippen molar-refractivity contribution in [2.75, 3.05) is 26.7 Å². The maximum absolute atomic E-state index is 5.32. The number of piperidine rings is 1. The summed E-state index contributed by atoms with van der Waals surface area (Å²) in [7, 11) is 1.73. The minimum atomic E-state index is 0.668. The molecule has 0 saturated carbocycles. The molecule has 0 radical (unpaired) electrons. The molecule has 1 aliphatic rings. The average Bonchev–Trinajstić information content (AvgIpc) is 2.49. The van der Waals surface area contributed by atoms with Crippen molar-refractivity contribution in [1.29, 1.82) is 0 Å². The van der Waals surface area contributed by atoms with Crippen LogP contribution in [0.4, 0.5) is 0 Å². The third kappa shape index (κ3) is 4.80. The van der Waals surface area contributed by atoms with E-state index in [4.69, 9.17) is 4.74 Å². The summed E-state index contributed by atoms with van der Waals surface area (Å²) < 4.78 is 5.32. The standard InChI is InChI=1S/C17H28N2O/c1-3-11-19(14-16-8-4-5-10-18-16)13-15-7-6-9-17(12-15)20-2/h6-7,9,12,16,18H,3-5,8,10-11,13-14H2,1-2H3. The number of methoxy groups -OCH3 is 1. The van der Waals surface area contributed by atoms with Gasteiger partial charge in [-0.15, -0.1) is 0 Å². The van der Waals surface area contributed by atoms with Gasteiger partial charge in [0.1, 0.15) is 5.75 Å². The molecule has 3 heteroatoms. The number of hydrogen-bond donors (Lipinski definition) is 1. The molecule has 1 aromatic rings. The van der Waals surface area contributed by atoms with Crippen LogP contribution in [0.3, 0.4) is 0 Å². The maximum Gasteiger partial charge on any atom is 0.119 e. The second-order valence-corrected chi connectivity index (χ2v) is 5.73. The molecule has 0 aromatic heterocycles. The predicted molar refractivity (Wildman–Crippen MR) is 84.2 cm³/mol. The Balaban J connectivity index is 1.93. The number of rotatable bonds is 7. The van der Waals surface area contributed by atoms with Crippen molar-refractivity contribution in [3.63, 3.8) is 0 Å². The molecule has 112 valence electrons. The van der Waals surface area contributed by atoms with Crippen molar-refractivity contribution in [2.45, 2.75) is 45.2 Å². The van der Waals surface area contributed by atoms with Crippen molar-refractivity contribution in [3.05, 3.63) is 29.8 Å². The van der Waals surface area contributed by atoms with E-state index in [0.717, 1.165) is 25.4 Å². The third-order valence-corrected chi connectivity index (χ3v) is 3.97. The van der Waals surface area contributed by atoms with Crippen LogP contribution in [0.2, 0.25) is 0 Å². The van der Waals surface area contributed by atoms with Crippen molar-refractivity contribution < 1.29 is 4.74 Å². The zero-order chi connectivity index (χ0) is 14.2. The second kappa shape index (κ2) is 8.28. The summed E-state index contributed by atoms with van der Waals surface area (Å²) in [5.74, 6) is 0.953. The summed E-state index contributed by atoms with van der Waals surface area (Å²) in [6.45, 7) is 6.78. The van der Waals surface area contributed by atoms with Crippen LogP contribution in [0.15, 0.2) is 24.3 Å². The topological polar surface area (TPSA) is 24.5 Å². The fourth-order valence-electron chi connectivity index (χ4n) is 2.97. The molecule has 3 nitrogen and oxygen atoms in total. The first-order chi connectivity index (χ1) is 9.81. The normalized spacial score (nSPS) is 19.2. The molecule has 0 bridgehead atoms. The lowest BCUT2D eigenvalue weighted by Gasteiger charge is -2.30. The van der Waals surface area contributed by atoms with Crippen LogP contribution >= 0.6 is 0 Å². The van der Waals surface area contributed by atoms with Gasteiger partial charge in [-0.25, -0.2) is 0 Å². The number of hydrogen-bond acceptors (Lipinski definition) is 3. The molecule has 1 atom stereocenters. The quantitative estimate of drug-likeness (QED) is 0.828. The number of nitrogens with one attached hydrogen (secondary N) is 1. The molecule has 1 aromatic carbocycles. The van der Waals surface area contributed by atoms with Gasteiger partial charge in [-0.2, -0.15) is 0 Å². The molecule has 20 heavy (non-hydrogen) atoms. The fourth-order valence-corrected chi connectivity index (χ4v) is 2.97. The summed E-state index contributed by atoms with van der Waals surface area (Å²) in [6, 6.07) is 9.10. The van der Waals surface area contributed by atoms with E-state index in [9.17, 15) is 0 Å². The molecule has 1 aliphatic heterocycles. The Morgan fingerprint density at radius 3 is 2.95 bits per heavy atom. The van der Waals surface area contributed by atoms with Crippen LogP contribution in [-0.4, -0.2) is 37.7 Å². The highest BCUT2D eigenvalue weighted by molar-refractivity contribution is 5.28. The second-order valence-electron chi connectivity index (χ2n) is 5.73. The zero-order valence-corrected chi connectivity index (χ0v) is 12.9. The Morgan fingerprint density at radius 1 is 1.35 bits per heavy atom. The molecule has 0 spiro atoms. The van der Waals surface area contributed by atoms with Gasteiger partial charge in [-0.3, -0.25) is 4.90 Å². The molecular formula is C17H28N2O. The van der Waals surface area contributed by atoms with E-state index < -0.39 is 0 Å². The molecule has 0 aliphatic carbocycles. The largest absolute Gasteiger partial charge is 0.497 e. The van der Waals surface area contributed by atoms with Crippen LogP contribution in [0.1, 0.15) is 38.2 Å².